The van der Waals surface area contributed by atoms with E-state index in [1.54, 1.807) is 0 Å². The van der Waals surface area contributed by atoms with Gasteiger partial charge in [-0.15, -0.1) is 6.58 Å². The highest BCUT2D eigenvalue weighted by Crippen LogP contribution is 2.47. The third-order valence-electron chi connectivity index (χ3n) is 4.18. The van der Waals surface area contributed by atoms with Gasteiger partial charge in [0.05, 0.1) is 0 Å². The zero-order chi connectivity index (χ0) is 12.9. The first kappa shape index (κ1) is 14.0. The largest absolute Gasteiger partial charge is 0.303 e. The van der Waals surface area contributed by atoms with E-state index in [1.807, 2.05) is 6.08 Å². The summed E-state index contributed by atoms with van der Waals surface area (Å²) in [6.45, 7) is 12.1. The molecule has 94 valence electrons. The Bertz CT molecular complexity index is 337. The van der Waals surface area contributed by atoms with Crippen LogP contribution in [0.15, 0.2) is 36.5 Å². The lowest BCUT2D eigenvalue weighted by atomic mass is 9.64. The summed E-state index contributed by atoms with van der Waals surface area (Å²) >= 11 is 0. The smallest absolute Gasteiger partial charge is 0.120 e. The topological polar surface area (TPSA) is 17.1 Å². The van der Waals surface area contributed by atoms with Crippen molar-refractivity contribution in [3.05, 3.63) is 36.5 Å². The number of aldehydes is 1. The Balaban J connectivity index is 2.95. The van der Waals surface area contributed by atoms with E-state index in [0.717, 1.165) is 32.0 Å². The number of carbonyl (C=O) groups is 1. The number of allylic oxidation sites excluding steroid dienone is 4. The van der Waals surface area contributed by atoms with E-state index < -0.39 is 0 Å². The lowest BCUT2D eigenvalue weighted by molar-refractivity contribution is -0.109. The van der Waals surface area contributed by atoms with Crippen LogP contribution in [0.5, 0.6) is 0 Å². The maximum atomic E-state index is 11.0. The summed E-state index contributed by atoms with van der Waals surface area (Å²) in [6.07, 6.45) is 10.1. The zero-order valence-corrected chi connectivity index (χ0v) is 11.2. The summed E-state index contributed by atoms with van der Waals surface area (Å²) in [5, 5.41) is 0. The van der Waals surface area contributed by atoms with Crippen molar-refractivity contribution in [2.24, 2.45) is 11.3 Å². The van der Waals surface area contributed by atoms with Gasteiger partial charge in [-0.1, -0.05) is 29.9 Å². The minimum Gasteiger partial charge on any atom is -0.303 e. The van der Waals surface area contributed by atoms with E-state index in [-0.39, 0.29) is 5.41 Å². The van der Waals surface area contributed by atoms with Crippen molar-refractivity contribution in [1.82, 2.24) is 0 Å². The fourth-order valence-electron chi connectivity index (χ4n) is 2.81. The lowest BCUT2D eigenvalue weighted by Gasteiger charge is -2.40. The molecule has 0 aromatic carbocycles. The predicted octanol–water partition coefficient (Wildman–Crippen LogP) is 4.46. The van der Waals surface area contributed by atoms with Crippen LogP contribution in [0.2, 0.25) is 0 Å². The first-order chi connectivity index (χ1) is 8.05. The molecular weight excluding hydrogens is 208 g/mol. The molecule has 0 aromatic heterocycles. The molecule has 0 saturated heterocycles. The van der Waals surface area contributed by atoms with E-state index in [2.05, 4.69) is 33.1 Å². The number of hydrogen-bond acceptors (Lipinski definition) is 1. The molecule has 0 fully saturated rings. The van der Waals surface area contributed by atoms with Gasteiger partial charge < -0.3 is 4.79 Å². The van der Waals surface area contributed by atoms with Crippen LogP contribution in [-0.2, 0) is 4.79 Å². The first-order valence-corrected chi connectivity index (χ1v) is 6.43. The van der Waals surface area contributed by atoms with Gasteiger partial charge in [0.15, 0.2) is 0 Å². The molecule has 2 atom stereocenters. The third kappa shape index (κ3) is 3.18. The molecule has 0 saturated carbocycles. The van der Waals surface area contributed by atoms with Crippen LogP contribution in [0.1, 0.15) is 46.0 Å². The molecule has 0 radical (unpaired) electrons. The van der Waals surface area contributed by atoms with Crippen molar-refractivity contribution in [3.63, 3.8) is 0 Å². The Morgan fingerprint density at radius 2 is 2.35 bits per heavy atom. The van der Waals surface area contributed by atoms with Gasteiger partial charge in [0.25, 0.3) is 0 Å². The van der Waals surface area contributed by atoms with Crippen LogP contribution in [0.25, 0.3) is 0 Å². The summed E-state index contributed by atoms with van der Waals surface area (Å²) in [5.74, 6) is 0.531. The Hall–Kier alpha value is -1.11. The second kappa shape index (κ2) is 6.00. The molecule has 17 heavy (non-hydrogen) atoms. The molecule has 0 unspecified atom stereocenters. The second-order valence-electron chi connectivity index (χ2n) is 5.35. The summed E-state index contributed by atoms with van der Waals surface area (Å²) in [7, 11) is 0. The maximum absolute atomic E-state index is 11.0. The van der Waals surface area contributed by atoms with E-state index >= 15 is 0 Å². The van der Waals surface area contributed by atoms with E-state index in [4.69, 9.17) is 0 Å². The summed E-state index contributed by atoms with van der Waals surface area (Å²) in [6, 6.07) is 0. The maximum Gasteiger partial charge on any atom is 0.120 e. The van der Waals surface area contributed by atoms with Crippen LogP contribution < -0.4 is 0 Å². The van der Waals surface area contributed by atoms with Gasteiger partial charge in [0.2, 0.25) is 0 Å². The first-order valence-electron chi connectivity index (χ1n) is 6.43. The van der Waals surface area contributed by atoms with Gasteiger partial charge in [-0.3, -0.25) is 0 Å². The van der Waals surface area contributed by atoms with Crippen LogP contribution >= 0.6 is 0 Å². The molecule has 0 spiro atoms. The quantitative estimate of drug-likeness (QED) is 0.488. The molecule has 1 nitrogen and oxygen atoms in total. The molecule has 0 amide bonds. The number of rotatable bonds is 6. The standard InChI is InChI=1S/C16H24O/c1-5-6-9-16(10-11-17)12-15(13(2)3)8-7-14(16)4/h5,7,11,15H,1-2,6,8-10,12H2,3-4H3/t15-,16-/m1/s1. The van der Waals surface area contributed by atoms with Crippen molar-refractivity contribution in [2.75, 3.05) is 0 Å². The molecule has 0 aliphatic heterocycles. The van der Waals surface area contributed by atoms with Crippen LogP contribution in [-0.4, -0.2) is 6.29 Å². The highest BCUT2D eigenvalue weighted by Gasteiger charge is 2.36. The molecule has 0 aromatic rings. The van der Waals surface area contributed by atoms with Crippen LogP contribution in [0.4, 0.5) is 0 Å². The van der Waals surface area contributed by atoms with Crippen molar-refractivity contribution < 1.29 is 4.79 Å². The van der Waals surface area contributed by atoms with Crippen LogP contribution in [0.3, 0.4) is 0 Å². The lowest BCUT2D eigenvalue weighted by Crippen LogP contribution is -2.30. The molecule has 0 bridgehead atoms. The molecule has 1 aliphatic rings. The van der Waals surface area contributed by atoms with Crippen molar-refractivity contribution in [3.8, 4) is 0 Å². The Labute approximate surface area is 105 Å². The van der Waals surface area contributed by atoms with Crippen molar-refractivity contribution >= 4 is 6.29 Å². The molecule has 1 rings (SSSR count). The minimum absolute atomic E-state index is 0.0534. The zero-order valence-electron chi connectivity index (χ0n) is 11.2. The fourth-order valence-corrected chi connectivity index (χ4v) is 2.81. The Morgan fingerprint density at radius 3 is 2.88 bits per heavy atom. The van der Waals surface area contributed by atoms with Crippen molar-refractivity contribution in [1.29, 1.82) is 0 Å². The number of carbonyl (C=O) groups excluding carboxylic acids is 1. The normalized spacial score (nSPS) is 28.4. The van der Waals surface area contributed by atoms with Crippen LogP contribution in [0, 0.1) is 11.3 Å². The van der Waals surface area contributed by atoms with E-state index in [9.17, 15) is 4.79 Å². The van der Waals surface area contributed by atoms with Gasteiger partial charge in [0, 0.05) is 6.42 Å². The van der Waals surface area contributed by atoms with Gasteiger partial charge in [-0.2, -0.15) is 0 Å². The highest BCUT2D eigenvalue weighted by atomic mass is 16.1. The molecule has 0 heterocycles. The monoisotopic (exact) mass is 232 g/mol. The molecule has 1 heteroatoms. The summed E-state index contributed by atoms with van der Waals surface area (Å²) < 4.78 is 0. The van der Waals surface area contributed by atoms with E-state index in [0.29, 0.717) is 12.3 Å². The van der Waals surface area contributed by atoms with Gasteiger partial charge in [-0.05, 0) is 50.9 Å². The Kier molecular flexibility index (Phi) is 4.92. The van der Waals surface area contributed by atoms with Gasteiger partial charge in [-0.25, -0.2) is 0 Å². The minimum atomic E-state index is 0.0534. The summed E-state index contributed by atoms with van der Waals surface area (Å²) in [4.78, 5) is 11.0. The Morgan fingerprint density at radius 1 is 1.65 bits per heavy atom. The second-order valence-corrected chi connectivity index (χ2v) is 5.35. The fraction of sp³-hybridized carbons (Fsp3) is 0.562. The number of hydrogen-bond donors (Lipinski definition) is 0. The third-order valence-corrected chi connectivity index (χ3v) is 4.18. The van der Waals surface area contributed by atoms with Crippen molar-refractivity contribution in [2.45, 2.75) is 46.0 Å². The van der Waals surface area contributed by atoms with Gasteiger partial charge in [0.1, 0.15) is 6.29 Å². The average molecular weight is 232 g/mol. The highest BCUT2D eigenvalue weighted by molar-refractivity contribution is 5.52. The predicted molar refractivity (Wildman–Crippen MR) is 73.8 cm³/mol. The molecule has 1 aliphatic carbocycles. The summed E-state index contributed by atoms with van der Waals surface area (Å²) in [5.41, 5.74) is 2.67. The average Bonchev–Trinajstić information content (AvgIpc) is 2.30. The molecular formula is C16H24O. The van der Waals surface area contributed by atoms with Gasteiger partial charge >= 0.3 is 0 Å². The molecule has 0 N–H and O–H groups in total. The van der Waals surface area contributed by atoms with E-state index in [1.165, 1.54) is 11.1 Å². The SMILES string of the molecule is C=CCC[C@@]1(CC=O)C[C@H](C(=C)C)CC=C1C.